The molecule has 1 atom stereocenters. The minimum absolute atomic E-state index is 0.0214. The Morgan fingerprint density at radius 3 is 2.74 bits per heavy atom. The second-order valence-electron chi connectivity index (χ2n) is 4.39. The van der Waals surface area contributed by atoms with Gasteiger partial charge in [-0.2, -0.15) is 5.26 Å². The number of hydrogen-bond donors (Lipinski definition) is 2. The highest BCUT2D eigenvalue weighted by Gasteiger charge is 2.18. The van der Waals surface area contributed by atoms with Crippen LogP contribution in [0.5, 0.6) is 0 Å². The van der Waals surface area contributed by atoms with Crippen molar-refractivity contribution in [2.24, 2.45) is 0 Å². The van der Waals surface area contributed by atoms with Gasteiger partial charge in [-0.3, -0.25) is 0 Å². The first kappa shape index (κ1) is 15.6. The Bertz CT molecular complexity index is 576. The van der Waals surface area contributed by atoms with E-state index >= 15 is 0 Å². The number of sulfonamides is 1. The lowest BCUT2D eigenvalue weighted by molar-refractivity contribution is 0.167. The predicted molar refractivity (Wildman–Crippen MR) is 72.0 cm³/mol. The Kier molecular flexibility index (Phi) is 5.48. The zero-order valence-corrected chi connectivity index (χ0v) is 11.9. The Morgan fingerprint density at radius 2 is 2.16 bits per heavy atom. The third-order valence-electron chi connectivity index (χ3n) is 2.74. The highest BCUT2D eigenvalue weighted by Crippen LogP contribution is 2.16. The van der Waals surface area contributed by atoms with Crippen molar-refractivity contribution in [1.82, 2.24) is 4.72 Å². The van der Waals surface area contributed by atoms with Crippen molar-refractivity contribution in [3.63, 3.8) is 0 Å². The van der Waals surface area contributed by atoms with Crippen LogP contribution >= 0.6 is 0 Å². The second kappa shape index (κ2) is 6.66. The molecule has 1 aromatic carbocycles. The summed E-state index contributed by atoms with van der Waals surface area (Å²) in [4.78, 5) is 0.0789. The summed E-state index contributed by atoms with van der Waals surface area (Å²) >= 11 is 0. The first-order valence-electron chi connectivity index (χ1n) is 6.09. The minimum Gasteiger partial charge on any atom is -0.392 e. The third-order valence-corrected chi connectivity index (χ3v) is 4.30. The number of nitrogens with one attached hydrogen (secondary N) is 1. The van der Waals surface area contributed by atoms with Crippen LogP contribution in [0.2, 0.25) is 0 Å². The molecule has 19 heavy (non-hydrogen) atoms. The van der Waals surface area contributed by atoms with E-state index in [1.54, 1.807) is 19.1 Å². The van der Waals surface area contributed by atoms with Gasteiger partial charge in [0.2, 0.25) is 10.0 Å². The summed E-state index contributed by atoms with van der Waals surface area (Å²) in [6.07, 6.45) is 0.630. The van der Waals surface area contributed by atoms with Gasteiger partial charge in [-0.25, -0.2) is 13.1 Å². The van der Waals surface area contributed by atoms with Crippen LogP contribution in [-0.2, 0) is 10.0 Å². The quantitative estimate of drug-likeness (QED) is 0.823. The first-order valence-corrected chi connectivity index (χ1v) is 7.57. The molecule has 0 aliphatic carbocycles. The lowest BCUT2D eigenvalue weighted by atomic mass is 10.2. The molecule has 2 N–H and O–H groups in total. The van der Waals surface area contributed by atoms with Crippen LogP contribution in [0, 0.1) is 18.3 Å². The van der Waals surface area contributed by atoms with Crippen molar-refractivity contribution in [1.29, 1.82) is 5.26 Å². The molecule has 0 heterocycles. The molecule has 0 aliphatic heterocycles. The van der Waals surface area contributed by atoms with E-state index < -0.39 is 16.1 Å². The predicted octanol–water partition coefficient (Wildman–Crippen LogP) is 1.31. The van der Waals surface area contributed by atoms with Gasteiger partial charge in [0.1, 0.15) is 0 Å². The molecular weight excluding hydrogens is 264 g/mol. The fraction of sp³-hybridized carbons (Fsp3) is 0.462. The van der Waals surface area contributed by atoms with E-state index in [2.05, 4.69) is 4.72 Å². The number of aliphatic hydroxyl groups is 1. The number of aryl methyl sites for hydroxylation is 1. The fourth-order valence-corrected chi connectivity index (χ4v) is 3.02. The van der Waals surface area contributed by atoms with Gasteiger partial charge in [-0.1, -0.05) is 19.4 Å². The summed E-state index contributed by atoms with van der Waals surface area (Å²) in [5, 5.41) is 18.4. The van der Waals surface area contributed by atoms with E-state index in [1.807, 2.05) is 13.0 Å². The van der Waals surface area contributed by atoms with E-state index in [-0.39, 0.29) is 11.4 Å². The average molecular weight is 282 g/mol. The number of rotatable bonds is 6. The molecular formula is C13H18N2O3S. The number of aliphatic hydroxyl groups excluding tert-OH is 1. The van der Waals surface area contributed by atoms with Crippen LogP contribution in [0.15, 0.2) is 23.1 Å². The Labute approximate surface area is 113 Å². The standard InChI is InChI=1S/C13H18N2O3S/c1-3-4-12(16)9-15-19(17,18)13-7-11(8-14)6-5-10(13)2/h5-7,12,15-16H,3-4,9H2,1-2H3. The molecule has 1 rings (SSSR count). The molecule has 0 fully saturated rings. The Hall–Kier alpha value is -1.42. The summed E-state index contributed by atoms with van der Waals surface area (Å²) in [5.41, 5.74) is 0.858. The van der Waals surface area contributed by atoms with Crippen LogP contribution in [0.3, 0.4) is 0 Å². The van der Waals surface area contributed by atoms with E-state index in [1.165, 1.54) is 6.07 Å². The maximum Gasteiger partial charge on any atom is 0.240 e. The van der Waals surface area contributed by atoms with Gasteiger partial charge in [0.15, 0.2) is 0 Å². The van der Waals surface area contributed by atoms with Crippen LogP contribution in [0.25, 0.3) is 0 Å². The van der Waals surface area contributed by atoms with Crippen molar-refractivity contribution >= 4 is 10.0 Å². The molecule has 0 aromatic heterocycles. The van der Waals surface area contributed by atoms with Gasteiger partial charge < -0.3 is 5.11 Å². The molecule has 0 bridgehead atoms. The van der Waals surface area contributed by atoms with Crippen LogP contribution < -0.4 is 4.72 Å². The van der Waals surface area contributed by atoms with Crippen molar-refractivity contribution in [3.8, 4) is 6.07 Å². The maximum absolute atomic E-state index is 12.1. The zero-order valence-electron chi connectivity index (χ0n) is 11.0. The topological polar surface area (TPSA) is 90.2 Å². The molecule has 0 radical (unpaired) electrons. The molecule has 6 heteroatoms. The highest BCUT2D eigenvalue weighted by atomic mass is 32.2. The number of nitrogens with zero attached hydrogens (tertiary/aromatic N) is 1. The van der Waals surface area contributed by atoms with Crippen molar-refractivity contribution < 1.29 is 13.5 Å². The van der Waals surface area contributed by atoms with Gasteiger partial charge in [0.25, 0.3) is 0 Å². The molecule has 0 spiro atoms. The fourth-order valence-electron chi connectivity index (χ4n) is 1.68. The van der Waals surface area contributed by atoms with E-state index in [0.717, 1.165) is 6.42 Å². The molecule has 1 unspecified atom stereocenters. The molecule has 0 saturated carbocycles. The zero-order chi connectivity index (χ0) is 14.5. The summed E-state index contributed by atoms with van der Waals surface area (Å²) in [5.74, 6) is 0. The molecule has 5 nitrogen and oxygen atoms in total. The smallest absolute Gasteiger partial charge is 0.240 e. The minimum atomic E-state index is -3.70. The van der Waals surface area contributed by atoms with Gasteiger partial charge >= 0.3 is 0 Å². The Morgan fingerprint density at radius 1 is 1.47 bits per heavy atom. The largest absolute Gasteiger partial charge is 0.392 e. The molecule has 1 aromatic rings. The van der Waals surface area contributed by atoms with Crippen molar-refractivity contribution in [3.05, 3.63) is 29.3 Å². The summed E-state index contributed by atoms with van der Waals surface area (Å²) in [7, 11) is -3.70. The van der Waals surface area contributed by atoms with Gasteiger partial charge in [0, 0.05) is 6.54 Å². The van der Waals surface area contributed by atoms with Crippen LogP contribution in [-0.4, -0.2) is 26.2 Å². The molecule has 104 valence electrons. The lowest BCUT2D eigenvalue weighted by Gasteiger charge is -2.12. The van der Waals surface area contributed by atoms with E-state index in [0.29, 0.717) is 17.5 Å². The molecule has 0 aliphatic rings. The first-order chi connectivity index (χ1) is 8.90. The van der Waals surface area contributed by atoms with Crippen LogP contribution in [0.4, 0.5) is 0 Å². The Balaban J connectivity index is 2.92. The van der Waals surface area contributed by atoms with Crippen molar-refractivity contribution in [2.45, 2.75) is 37.7 Å². The van der Waals surface area contributed by atoms with Gasteiger partial charge in [0.05, 0.1) is 22.6 Å². The SMILES string of the molecule is CCCC(O)CNS(=O)(=O)c1cc(C#N)ccc1C. The van der Waals surface area contributed by atoms with Gasteiger partial charge in [-0.05, 0) is 31.0 Å². The molecule has 0 amide bonds. The maximum atomic E-state index is 12.1. The normalized spacial score (nSPS) is 12.9. The lowest BCUT2D eigenvalue weighted by Crippen LogP contribution is -2.32. The average Bonchev–Trinajstić information content (AvgIpc) is 2.37. The molecule has 0 saturated heterocycles. The monoisotopic (exact) mass is 282 g/mol. The number of nitriles is 1. The highest BCUT2D eigenvalue weighted by molar-refractivity contribution is 7.89. The third kappa shape index (κ3) is 4.31. The summed E-state index contributed by atoms with van der Waals surface area (Å²) < 4.78 is 26.6. The van der Waals surface area contributed by atoms with E-state index in [9.17, 15) is 13.5 Å². The second-order valence-corrected chi connectivity index (χ2v) is 6.12. The summed E-state index contributed by atoms with van der Waals surface area (Å²) in [6, 6.07) is 6.41. The summed E-state index contributed by atoms with van der Waals surface area (Å²) in [6.45, 7) is 3.56. The number of hydrogen-bond acceptors (Lipinski definition) is 4. The van der Waals surface area contributed by atoms with E-state index in [4.69, 9.17) is 5.26 Å². The number of benzene rings is 1. The van der Waals surface area contributed by atoms with Gasteiger partial charge in [-0.15, -0.1) is 0 Å². The van der Waals surface area contributed by atoms with Crippen molar-refractivity contribution in [2.75, 3.05) is 6.54 Å². The van der Waals surface area contributed by atoms with Crippen LogP contribution in [0.1, 0.15) is 30.9 Å².